The Morgan fingerprint density at radius 3 is 1.60 bits per heavy atom. The summed E-state index contributed by atoms with van der Waals surface area (Å²) in [6.45, 7) is 11.4. The van der Waals surface area contributed by atoms with E-state index >= 15 is 8.78 Å². The van der Waals surface area contributed by atoms with Crippen LogP contribution >= 0.6 is 0 Å². The molecule has 3 rings (SSSR count). The first-order valence-electron chi connectivity index (χ1n) is 15.3. The number of benzene rings is 2. The summed E-state index contributed by atoms with van der Waals surface area (Å²) in [5.74, 6) is -4.31. The molecule has 0 aromatic heterocycles. The van der Waals surface area contributed by atoms with Gasteiger partial charge in [-0.25, -0.2) is 8.78 Å². The molecule has 5 nitrogen and oxygen atoms in total. The van der Waals surface area contributed by atoms with Gasteiger partial charge in [0.25, 0.3) is 0 Å². The molecular weight excluding hydrogens is 510 g/mol. The van der Waals surface area contributed by atoms with E-state index in [0.717, 1.165) is 83.2 Å². The van der Waals surface area contributed by atoms with Crippen LogP contribution in [-0.4, -0.2) is 54.4 Å². The smallest absolute Gasteiger partial charge is 0.172 e. The molecule has 1 fully saturated rings. The number of ketones is 1. The predicted octanol–water partition coefficient (Wildman–Crippen LogP) is 6.95. The van der Waals surface area contributed by atoms with Gasteiger partial charge in [0.05, 0.1) is 12.0 Å². The van der Waals surface area contributed by atoms with Crippen LogP contribution in [0.3, 0.4) is 0 Å². The summed E-state index contributed by atoms with van der Waals surface area (Å²) in [6.07, 6.45) is 5.80. The number of halogens is 2. The van der Waals surface area contributed by atoms with E-state index in [1.54, 1.807) is 18.2 Å². The van der Waals surface area contributed by atoms with E-state index in [-0.39, 0.29) is 11.1 Å². The number of anilines is 2. The summed E-state index contributed by atoms with van der Waals surface area (Å²) in [7, 11) is 0. The van der Waals surface area contributed by atoms with Crippen LogP contribution in [0.4, 0.5) is 20.2 Å². The Balaban J connectivity index is 1.79. The third kappa shape index (κ3) is 7.41. The lowest BCUT2D eigenvalue weighted by Crippen LogP contribution is -2.26. The summed E-state index contributed by atoms with van der Waals surface area (Å²) in [4.78, 5) is 17.3. The van der Waals surface area contributed by atoms with Crippen LogP contribution in [0, 0.1) is 11.6 Å². The van der Waals surface area contributed by atoms with Crippen LogP contribution in [0.2, 0.25) is 0 Å². The molecule has 1 aliphatic carbocycles. The van der Waals surface area contributed by atoms with E-state index < -0.39 is 41.5 Å². The highest BCUT2D eigenvalue weighted by atomic mass is 19.1. The van der Waals surface area contributed by atoms with E-state index in [4.69, 9.17) is 0 Å². The fourth-order valence-electron chi connectivity index (χ4n) is 5.96. The van der Waals surface area contributed by atoms with Gasteiger partial charge < -0.3 is 20.0 Å². The highest BCUT2D eigenvalue weighted by molar-refractivity contribution is 5.94. The van der Waals surface area contributed by atoms with Crippen molar-refractivity contribution < 1.29 is 23.8 Å². The number of hydrogen-bond acceptors (Lipinski definition) is 5. The first-order valence-corrected chi connectivity index (χ1v) is 15.3. The van der Waals surface area contributed by atoms with Gasteiger partial charge in [-0.05, 0) is 56.5 Å². The number of Topliss-reactive ketones (excluding diaryl/α,β-unsaturated/α-hetero) is 1. The van der Waals surface area contributed by atoms with Crippen molar-refractivity contribution in [3.8, 4) is 0 Å². The van der Waals surface area contributed by atoms with E-state index in [1.807, 2.05) is 13.8 Å². The molecule has 0 radical (unpaired) electrons. The van der Waals surface area contributed by atoms with Crippen LogP contribution in [0.1, 0.15) is 102 Å². The third-order valence-corrected chi connectivity index (χ3v) is 8.37. The maximum Gasteiger partial charge on any atom is 0.172 e. The zero-order chi connectivity index (χ0) is 29.2. The molecule has 2 aromatic rings. The maximum atomic E-state index is 15.4. The lowest BCUT2D eigenvalue weighted by molar-refractivity contribution is -0.126. The number of carbonyl (C=O) groups excluding carboxylic acids is 1. The predicted molar refractivity (Wildman–Crippen MR) is 159 cm³/mol. The van der Waals surface area contributed by atoms with Crippen LogP contribution in [0.15, 0.2) is 36.4 Å². The molecule has 1 saturated carbocycles. The first kappa shape index (κ1) is 32.0. The number of rotatable bonds is 16. The van der Waals surface area contributed by atoms with Gasteiger partial charge >= 0.3 is 0 Å². The normalized spacial score (nSPS) is 20.8. The van der Waals surface area contributed by atoms with Gasteiger partial charge in [0.15, 0.2) is 5.78 Å². The molecule has 0 amide bonds. The Hall–Kier alpha value is -2.51. The first-order chi connectivity index (χ1) is 19.3. The molecule has 7 heteroatoms. The van der Waals surface area contributed by atoms with Crippen molar-refractivity contribution >= 4 is 17.2 Å². The molecule has 40 heavy (non-hydrogen) atoms. The van der Waals surface area contributed by atoms with E-state index in [2.05, 4.69) is 23.6 Å². The monoisotopic (exact) mass is 558 g/mol. The summed E-state index contributed by atoms with van der Waals surface area (Å²) >= 11 is 0. The van der Waals surface area contributed by atoms with Gasteiger partial charge in [-0.15, -0.1) is 0 Å². The molecular formula is C33H48F2N2O3. The molecule has 4 unspecified atom stereocenters. The van der Waals surface area contributed by atoms with Crippen LogP contribution < -0.4 is 9.80 Å². The van der Waals surface area contributed by atoms with Crippen LogP contribution in [0.25, 0.3) is 0 Å². The SMILES string of the molecule is CCCCCCN(CC)c1ccc(C2C(=O)C(O)C(c3ccc(N(CC)CCCCCC)cc3F)C2O)c(F)c1. The molecule has 0 spiro atoms. The highest BCUT2D eigenvalue weighted by Gasteiger charge is 2.51. The fraction of sp³-hybridized carbons (Fsp3) is 0.606. The summed E-state index contributed by atoms with van der Waals surface area (Å²) in [5.41, 5.74) is 1.55. The lowest BCUT2D eigenvalue weighted by atomic mass is 9.88. The molecule has 1 aliphatic rings. The van der Waals surface area contributed by atoms with Gasteiger partial charge in [0.1, 0.15) is 17.7 Å². The summed E-state index contributed by atoms with van der Waals surface area (Å²) in [6, 6.07) is 9.41. The second-order valence-corrected chi connectivity index (χ2v) is 11.0. The Kier molecular flexibility index (Phi) is 12.4. The average Bonchev–Trinajstić information content (AvgIpc) is 3.16. The Bertz CT molecular complexity index is 1100. The maximum absolute atomic E-state index is 15.4. The Labute approximate surface area is 239 Å². The number of aliphatic hydroxyl groups is 2. The molecule has 0 bridgehead atoms. The highest BCUT2D eigenvalue weighted by Crippen LogP contribution is 2.44. The molecule has 0 aliphatic heterocycles. The number of nitrogens with zero attached hydrogens (tertiary/aromatic N) is 2. The van der Waals surface area contributed by atoms with Crippen molar-refractivity contribution in [1.29, 1.82) is 0 Å². The number of carbonyl (C=O) groups is 1. The number of aliphatic hydroxyl groups excluding tert-OH is 2. The van der Waals surface area contributed by atoms with Gasteiger partial charge in [0, 0.05) is 49.0 Å². The van der Waals surface area contributed by atoms with Gasteiger partial charge in [-0.2, -0.15) is 0 Å². The zero-order valence-corrected chi connectivity index (χ0v) is 24.7. The van der Waals surface area contributed by atoms with E-state index in [0.29, 0.717) is 5.69 Å². The van der Waals surface area contributed by atoms with Crippen molar-refractivity contribution in [2.75, 3.05) is 36.0 Å². The second-order valence-electron chi connectivity index (χ2n) is 11.0. The van der Waals surface area contributed by atoms with Crippen molar-refractivity contribution in [3.63, 3.8) is 0 Å². The molecule has 0 heterocycles. The largest absolute Gasteiger partial charge is 0.391 e. The Morgan fingerprint density at radius 2 is 1.18 bits per heavy atom. The second kappa shape index (κ2) is 15.5. The van der Waals surface area contributed by atoms with Gasteiger partial charge in [-0.3, -0.25) is 4.79 Å². The fourth-order valence-corrected chi connectivity index (χ4v) is 5.96. The van der Waals surface area contributed by atoms with Crippen molar-refractivity contribution in [3.05, 3.63) is 59.2 Å². The minimum Gasteiger partial charge on any atom is -0.391 e. The zero-order valence-electron chi connectivity index (χ0n) is 24.7. The molecule has 2 aromatic carbocycles. The molecule has 2 N–H and O–H groups in total. The third-order valence-electron chi connectivity index (χ3n) is 8.37. The van der Waals surface area contributed by atoms with Crippen molar-refractivity contribution in [2.45, 2.75) is 103 Å². The molecule has 0 saturated heterocycles. The molecule has 4 atom stereocenters. The number of unbranched alkanes of at least 4 members (excludes halogenated alkanes) is 6. The topological polar surface area (TPSA) is 64.0 Å². The number of hydrogen-bond donors (Lipinski definition) is 2. The Morgan fingerprint density at radius 1 is 0.700 bits per heavy atom. The minimum absolute atomic E-state index is 0.0334. The average molecular weight is 559 g/mol. The van der Waals surface area contributed by atoms with Gasteiger partial charge in [-0.1, -0.05) is 64.5 Å². The van der Waals surface area contributed by atoms with E-state index in [9.17, 15) is 15.0 Å². The summed E-state index contributed by atoms with van der Waals surface area (Å²) < 4.78 is 30.8. The van der Waals surface area contributed by atoms with Gasteiger partial charge in [0.2, 0.25) is 0 Å². The quantitative estimate of drug-likeness (QED) is 0.218. The van der Waals surface area contributed by atoms with Crippen LogP contribution in [-0.2, 0) is 4.79 Å². The summed E-state index contributed by atoms with van der Waals surface area (Å²) in [5, 5.41) is 22.0. The standard InChI is InChI=1S/C33H48F2N2O3/c1-5-9-11-13-19-36(7-3)23-15-17-25(27(34)21-23)29-31(38)30(33(40)32(29)39)26-18-16-24(22-28(26)35)37(8-4)20-14-12-10-6-2/h15-18,21-22,29-32,38-39H,5-14,19-20H2,1-4H3. The lowest BCUT2D eigenvalue weighted by Gasteiger charge is -2.26. The molecule has 222 valence electrons. The van der Waals surface area contributed by atoms with Crippen LogP contribution in [0.5, 0.6) is 0 Å². The van der Waals surface area contributed by atoms with E-state index in [1.165, 1.54) is 18.2 Å². The van der Waals surface area contributed by atoms with Crippen molar-refractivity contribution in [1.82, 2.24) is 0 Å². The minimum atomic E-state index is -1.62. The van der Waals surface area contributed by atoms with Crippen molar-refractivity contribution in [2.24, 2.45) is 0 Å².